The van der Waals surface area contributed by atoms with Crippen molar-refractivity contribution in [3.63, 3.8) is 0 Å². The molecule has 12 heavy (non-hydrogen) atoms. The zero-order chi connectivity index (χ0) is 7.73. The Bertz CT molecular complexity index is 180. The molecule has 0 amide bonds. The van der Waals surface area contributed by atoms with E-state index < -0.39 is 0 Å². The SMILES string of the molecule is C.CC12CC=CCC1CC=CC2. The molecule has 0 heteroatoms. The molecule has 0 saturated carbocycles. The maximum Gasteiger partial charge on any atom is -0.0223 e. The highest BCUT2D eigenvalue weighted by Crippen LogP contribution is 2.45. The van der Waals surface area contributed by atoms with Crippen LogP contribution in [-0.4, -0.2) is 0 Å². The van der Waals surface area contributed by atoms with Crippen molar-refractivity contribution in [2.24, 2.45) is 11.3 Å². The van der Waals surface area contributed by atoms with Gasteiger partial charge in [0.25, 0.3) is 0 Å². The summed E-state index contributed by atoms with van der Waals surface area (Å²) < 4.78 is 0. The first-order valence-corrected chi connectivity index (χ1v) is 4.61. The van der Waals surface area contributed by atoms with Crippen LogP contribution in [0.2, 0.25) is 0 Å². The molecule has 68 valence electrons. The summed E-state index contributed by atoms with van der Waals surface area (Å²) in [5.74, 6) is 0.928. The van der Waals surface area contributed by atoms with Crippen molar-refractivity contribution in [2.45, 2.75) is 40.0 Å². The van der Waals surface area contributed by atoms with Gasteiger partial charge in [-0.2, -0.15) is 0 Å². The van der Waals surface area contributed by atoms with E-state index in [0.717, 1.165) is 5.92 Å². The smallest absolute Gasteiger partial charge is 0.0223 e. The van der Waals surface area contributed by atoms with E-state index in [4.69, 9.17) is 0 Å². The molecule has 0 aromatic carbocycles. The van der Waals surface area contributed by atoms with E-state index in [1.165, 1.54) is 25.7 Å². The second kappa shape index (κ2) is 3.47. The van der Waals surface area contributed by atoms with Gasteiger partial charge in [0.15, 0.2) is 0 Å². The normalized spacial score (nSPS) is 38.6. The number of allylic oxidation sites excluding steroid dienone is 4. The third-order valence-corrected chi connectivity index (χ3v) is 3.33. The van der Waals surface area contributed by atoms with Crippen LogP contribution in [0.3, 0.4) is 0 Å². The molecule has 2 aliphatic rings. The Morgan fingerprint density at radius 2 is 1.50 bits per heavy atom. The van der Waals surface area contributed by atoms with Crippen molar-refractivity contribution in [3.05, 3.63) is 24.3 Å². The van der Waals surface area contributed by atoms with Crippen LogP contribution in [0.4, 0.5) is 0 Å². The first-order chi connectivity index (χ1) is 5.31. The quantitative estimate of drug-likeness (QED) is 0.476. The number of rotatable bonds is 0. The standard InChI is InChI=1S/C11H16.CH4/c1-11-8-4-2-6-10(11)7-3-5-9-11;/h2-5,10H,6-9H2,1H3;1H4. The van der Waals surface area contributed by atoms with Crippen LogP contribution in [0, 0.1) is 11.3 Å². The van der Waals surface area contributed by atoms with Crippen molar-refractivity contribution in [3.8, 4) is 0 Å². The molecule has 0 spiro atoms. The summed E-state index contributed by atoms with van der Waals surface area (Å²) in [6.07, 6.45) is 14.6. The lowest BCUT2D eigenvalue weighted by Crippen LogP contribution is -2.29. The van der Waals surface area contributed by atoms with E-state index in [9.17, 15) is 0 Å². The Balaban J connectivity index is 0.000000720. The van der Waals surface area contributed by atoms with Gasteiger partial charge in [0.05, 0.1) is 0 Å². The van der Waals surface area contributed by atoms with Crippen LogP contribution in [0.15, 0.2) is 24.3 Å². The topological polar surface area (TPSA) is 0 Å². The van der Waals surface area contributed by atoms with Gasteiger partial charge in [0.1, 0.15) is 0 Å². The van der Waals surface area contributed by atoms with Gasteiger partial charge in [0.2, 0.25) is 0 Å². The zero-order valence-corrected chi connectivity index (χ0v) is 7.22. The van der Waals surface area contributed by atoms with E-state index in [0.29, 0.717) is 5.41 Å². The summed E-state index contributed by atoms with van der Waals surface area (Å²) in [7, 11) is 0. The van der Waals surface area contributed by atoms with Gasteiger partial charge in [-0.05, 0) is 37.0 Å². The van der Waals surface area contributed by atoms with Crippen LogP contribution in [-0.2, 0) is 0 Å². The first kappa shape index (κ1) is 9.57. The van der Waals surface area contributed by atoms with E-state index in [1.807, 2.05) is 0 Å². The lowest BCUT2D eigenvalue weighted by Gasteiger charge is -2.40. The third kappa shape index (κ3) is 1.48. The van der Waals surface area contributed by atoms with Gasteiger partial charge in [-0.15, -0.1) is 0 Å². The minimum atomic E-state index is 0. The molecule has 0 heterocycles. The molecule has 0 saturated heterocycles. The monoisotopic (exact) mass is 164 g/mol. The predicted octanol–water partition coefficient (Wildman–Crippen LogP) is 3.95. The molecule has 0 atom stereocenters. The fraction of sp³-hybridized carbons (Fsp3) is 0.667. The van der Waals surface area contributed by atoms with Gasteiger partial charge in [-0.3, -0.25) is 0 Å². The summed E-state index contributed by atoms with van der Waals surface area (Å²) in [6, 6.07) is 0. The molecule has 0 unspecified atom stereocenters. The van der Waals surface area contributed by atoms with Crippen LogP contribution >= 0.6 is 0 Å². The van der Waals surface area contributed by atoms with Crippen molar-refractivity contribution >= 4 is 0 Å². The van der Waals surface area contributed by atoms with Gasteiger partial charge >= 0.3 is 0 Å². The lowest BCUT2D eigenvalue weighted by atomic mass is 9.65. The molecular formula is C12H20. The maximum absolute atomic E-state index is 2.44. The van der Waals surface area contributed by atoms with Crippen molar-refractivity contribution in [1.29, 1.82) is 0 Å². The molecule has 0 bridgehead atoms. The van der Waals surface area contributed by atoms with E-state index in [2.05, 4.69) is 31.2 Å². The van der Waals surface area contributed by atoms with Gasteiger partial charge in [-0.25, -0.2) is 0 Å². The van der Waals surface area contributed by atoms with E-state index in [1.54, 1.807) is 0 Å². The summed E-state index contributed by atoms with van der Waals surface area (Å²) in [5.41, 5.74) is 0.601. The van der Waals surface area contributed by atoms with Crippen LogP contribution in [0.1, 0.15) is 40.0 Å². The number of hydrogen-bond acceptors (Lipinski definition) is 0. The van der Waals surface area contributed by atoms with Gasteiger partial charge in [-0.1, -0.05) is 38.7 Å². The molecule has 0 aromatic heterocycles. The Hall–Kier alpha value is -0.520. The Morgan fingerprint density at radius 3 is 1.92 bits per heavy atom. The minimum absolute atomic E-state index is 0. The Labute approximate surface area is 76.4 Å². The first-order valence-electron chi connectivity index (χ1n) is 4.61. The zero-order valence-electron chi connectivity index (χ0n) is 7.22. The van der Waals surface area contributed by atoms with Crippen LogP contribution < -0.4 is 0 Å². The summed E-state index contributed by atoms with van der Waals surface area (Å²) in [4.78, 5) is 0. The highest BCUT2D eigenvalue weighted by atomic mass is 14.4. The molecule has 0 aromatic rings. The highest BCUT2D eigenvalue weighted by molar-refractivity contribution is 5.08. The highest BCUT2D eigenvalue weighted by Gasteiger charge is 2.34. The van der Waals surface area contributed by atoms with Gasteiger partial charge in [0, 0.05) is 0 Å². The maximum atomic E-state index is 2.44. The summed E-state index contributed by atoms with van der Waals surface area (Å²) in [5, 5.41) is 0. The number of hydrogen-bond donors (Lipinski definition) is 0. The van der Waals surface area contributed by atoms with E-state index in [-0.39, 0.29) is 7.43 Å². The number of fused-ring (bicyclic) bond motifs is 1. The Kier molecular flexibility index (Phi) is 2.76. The summed E-state index contributed by atoms with van der Waals surface area (Å²) >= 11 is 0. The Morgan fingerprint density at radius 1 is 1.00 bits per heavy atom. The van der Waals surface area contributed by atoms with Crippen molar-refractivity contribution in [1.82, 2.24) is 0 Å². The second-order valence-corrected chi connectivity index (χ2v) is 4.17. The van der Waals surface area contributed by atoms with Crippen LogP contribution in [0.25, 0.3) is 0 Å². The van der Waals surface area contributed by atoms with Crippen molar-refractivity contribution < 1.29 is 0 Å². The largest absolute Gasteiger partial charge is 0.0882 e. The van der Waals surface area contributed by atoms with Crippen molar-refractivity contribution in [2.75, 3.05) is 0 Å². The molecule has 0 nitrogen and oxygen atoms in total. The average Bonchev–Trinajstić information content (AvgIpc) is 2.03. The molecule has 0 radical (unpaired) electrons. The van der Waals surface area contributed by atoms with Gasteiger partial charge < -0.3 is 0 Å². The predicted molar refractivity (Wildman–Crippen MR) is 55.1 cm³/mol. The molecule has 0 aliphatic heterocycles. The second-order valence-electron chi connectivity index (χ2n) is 4.17. The van der Waals surface area contributed by atoms with E-state index >= 15 is 0 Å². The fourth-order valence-electron chi connectivity index (χ4n) is 2.31. The minimum Gasteiger partial charge on any atom is -0.0882 e. The molecule has 2 rings (SSSR count). The van der Waals surface area contributed by atoms with Crippen LogP contribution in [0.5, 0.6) is 0 Å². The molecule has 0 fully saturated rings. The summed E-state index contributed by atoms with van der Waals surface area (Å²) in [6.45, 7) is 2.44. The third-order valence-electron chi connectivity index (χ3n) is 3.33. The molecular weight excluding hydrogens is 144 g/mol. The fourth-order valence-corrected chi connectivity index (χ4v) is 2.31. The molecule has 2 aliphatic carbocycles. The average molecular weight is 164 g/mol. The molecule has 0 N–H and O–H groups in total. The lowest BCUT2D eigenvalue weighted by molar-refractivity contribution is 0.173.